The number of hydrogen-bond donors (Lipinski definition) is 2. The van der Waals surface area contributed by atoms with Gasteiger partial charge in [-0.1, -0.05) is 0 Å². The van der Waals surface area contributed by atoms with Crippen LogP contribution in [0.1, 0.15) is 36.9 Å². The highest BCUT2D eigenvalue weighted by atomic mass is 16.5. The summed E-state index contributed by atoms with van der Waals surface area (Å²) in [5, 5.41) is 12.7. The van der Waals surface area contributed by atoms with Crippen molar-refractivity contribution < 1.29 is 14.6 Å². The molecule has 1 saturated heterocycles. The summed E-state index contributed by atoms with van der Waals surface area (Å²) in [6, 6.07) is 4.50. The predicted molar refractivity (Wildman–Crippen MR) is 126 cm³/mol. The Morgan fingerprint density at radius 3 is 2.64 bits per heavy atom. The third-order valence-electron chi connectivity index (χ3n) is 6.45. The Labute approximate surface area is 193 Å². The van der Waals surface area contributed by atoms with Gasteiger partial charge in [-0.25, -0.2) is 15.0 Å². The number of rotatable bonds is 6. The van der Waals surface area contributed by atoms with Crippen LogP contribution in [0.2, 0.25) is 0 Å². The van der Waals surface area contributed by atoms with Gasteiger partial charge in [-0.3, -0.25) is 4.98 Å². The zero-order chi connectivity index (χ0) is 22.6. The first-order valence-corrected chi connectivity index (χ1v) is 11.6. The van der Waals surface area contributed by atoms with Crippen molar-refractivity contribution in [3.05, 3.63) is 42.0 Å². The number of aromatic nitrogens is 4. The van der Waals surface area contributed by atoms with E-state index in [4.69, 9.17) is 9.47 Å². The van der Waals surface area contributed by atoms with Gasteiger partial charge in [0, 0.05) is 60.7 Å². The summed E-state index contributed by atoms with van der Waals surface area (Å²) in [5.41, 5.74) is 4.33. The summed E-state index contributed by atoms with van der Waals surface area (Å²) >= 11 is 0. The molecule has 0 unspecified atom stereocenters. The van der Waals surface area contributed by atoms with Crippen molar-refractivity contribution >= 4 is 22.7 Å². The summed E-state index contributed by atoms with van der Waals surface area (Å²) in [6.45, 7) is 5.04. The maximum absolute atomic E-state index is 9.31. The fourth-order valence-corrected chi connectivity index (χ4v) is 4.53. The lowest BCUT2D eigenvalue weighted by atomic mass is 9.93. The Hall–Kier alpha value is -3.04. The number of aliphatic hydroxyl groups is 1. The predicted octanol–water partition coefficient (Wildman–Crippen LogP) is 2.86. The van der Waals surface area contributed by atoms with Gasteiger partial charge in [-0.15, -0.1) is 0 Å². The van der Waals surface area contributed by atoms with Crippen LogP contribution in [0.15, 0.2) is 30.7 Å². The molecule has 1 aliphatic carbocycles. The fraction of sp³-hybridized carbons (Fsp3) is 0.500. The number of aryl methyl sites for hydroxylation is 1. The van der Waals surface area contributed by atoms with Gasteiger partial charge in [0.2, 0.25) is 5.95 Å². The van der Waals surface area contributed by atoms with Crippen molar-refractivity contribution in [2.75, 3.05) is 36.5 Å². The topological polar surface area (TPSA) is 106 Å². The minimum Gasteiger partial charge on any atom is -0.488 e. The van der Waals surface area contributed by atoms with Gasteiger partial charge in [0.15, 0.2) is 0 Å². The molecule has 0 spiro atoms. The van der Waals surface area contributed by atoms with Crippen LogP contribution >= 0.6 is 0 Å². The first-order chi connectivity index (χ1) is 16.2. The van der Waals surface area contributed by atoms with Crippen LogP contribution in [0.5, 0.6) is 5.75 Å². The normalized spacial score (nSPS) is 21.2. The van der Waals surface area contributed by atoms with Crippen LogP contribution in [0, 0.1) is 6.92 Å². The summed E-state index contributed by atoms with van der Waals surface area (Å²) in [5.74, 6) is 1.42. The Balaban J connectivity index is 1.25. The molecule has 2 aromatic heterocycles. The number of morpholine rings is 1. The monoisotopic (exact) mass is 450 g/mol. The van der Waals surface area contributed by atoms with Crippen molar-refractivity contribution in [3.63, 3.8) is 0 Å². The zero-order valence-corrected chi connectivity index (χ0v) is 18.9. The summed E-state index contributed by atoms with van der Waals surface area (Å²) in [7, 11) is 0. The number of nitrogens with one attached hydrogen (secondary N) is 1. The van der Waals surface area contributed by atoms with E-state index in [9.17, 15) is 5.11 Å². The molecule has 2 aliphatic rings. The molecule has 9 heteroatoms. The molecule has 1 aromatic carbocycles. The lowest BCUT2D eigenvalue weighted by Gasteiger charge is -2.31. The second kappa shape index (κ2) is 9.84. The molecule has 9 nitrogen and oxygen atoms in total. The maximum Gasteiger partial charge on any atom is 0.223 e. The van der Waals surface area contributed by atoms with Crippen LogP contribution in [0.25, 0.3) is 11.0 Å². The number of anilines is 2. The summed E-state index contributed by atoms with van der Waals surface area (Å²) in [6.07, 6.45) is 9.09. The molecule has 2 N–H and O–H groups in total. The van der Waals surface area contributed by atoms with E-state index in [-0.39, 0.29) is 12.7 Å². The van der Waals surface area contributed by atoms with Crippen LogP contribution in [0.4, 0.5) is 11.6 Å². The average molecular weight is 451 g/mol. The van der Waals surface area contributed by atoms with Crippen molar-refractivity contribution in [1.29, 1.82) is 0 Å². The number of aliphatic hydroxyl groups excluding tert-OH is 1. The minimum atomic E-state index is -0.0413. The van der Waals surface area contributed by atoms with E-state index >= 15 is 0 Å². The highest BCUT2D eigenvalue weighted by molar-refractivity contribution is 5.85. The van der Waals surface area contributed by atoms with Crippen LogP contribution < -0.4 is 15.0 Å². The SMILES string of the molecule is Cc1nc(N[C@H]2CC[C@@H](Oc3cc(N4CCOCC4)cc4nccnc34)CC2)ncc1CO. The Morgan fingerprint density at radius 1 is 1.09 bits per heavy atom. The fourth-order valence-electron chi connectivity index (χ4n) is 4.53. The average Bonchev–Trinajstić information content (AvgIpc) is 2.86. The van der Waals surface area contributed by atoms with Gasteiger partial charge in [-0.05, 0) is 38.7 Å². The lowest BCUT2D eigenvalue weighted by molar-refractivity contribution is 0.122. The minimum absolute atomic E-state index is 0.0413. The van der Waals surface area contributed by atoms with E-state index in [1.165, 1.54) is 0 Å². The number of benzene rings is 1. The van der Waals surface area contributed by atoms with Crippen LogP contribution in [-0.4, -0.2) is 63.5 Å². The molecule has 3 aromatic rings. The standard InChI is InChI=1S/C24H30N6O3/c1-16-17(15-31)14-27-24(28-16)29-18-2-4-20(5-3-18)33-22-13-19(30-8-10-32-11-9-30)12-21-23(22)26-7-6-25-21/h6-7,12-14,18,20,31H,2-5,8-11,15H2,1H3,(H,27,28,29)/t18-,20+. The number of ether oxygens (including phenoxy) is 2. The van der Waals surface area contributed by atoms with Crippen molar-refractivity contribution in [2.45, 2.75) is 51.4 Å². The third-order valence-corrected chi connectivity index (χ3v) is 6.45. The molecule has 0 bridgehead atoms. The molecule has 2 fully saturated rings. The Kier molecular flexibility index (Phi) is 6.50. The molecule has 1 saturated carbocycles. The zero-order valence-electron chi connectivity index (χ0n) is 18.9. The quantitative estimate of drug-likeness (QED) is 0.586. The molecule has 0 radical (unpaired) electrons. The van der Waals surface area contributed by atoms with E-state index in [1.54, 1.807) is 18.6 Å². The first kappa shape index (κ1) is 21.8. The smallest absolute Gasteiger partial charge is 0.223 e. The summed E-state index contributed by atoms with van der Waals surface area (Å²) < 4.78 is 12.0. The van der Waals surface area contributed by atoms with Crippen molar-refractivity contribution in [3.8, 4) is 5.75 Å². The highest BCUT2D eigenvalue weighted by Gasteiger charge is 2.25. The van der Waals surface area contributed by atoms with E-state index in [1.807, 2.05) is 6.92 Å². The molecular weight excluding hydrogens is 420 g/mol. The molecule has 0 atom stereocenters. The molecule has 3 heterocycles. The Morgan fingerprint density at radius 2 is 1.88 bits per heavy atom. The maximum atomic E-state index is 9.31. The van der Waals surface area contributed by atoms with Crippen LogP contribution in [0.3, 0.4) is 0 Å². The molecule has 5 rings (SSSR count). The first-order valence-electron chi connectivity index (χ1n) is 11.6. The molecule has 33 heavy (non-hydrogen) atoms. The van der Waals surface area contributed by atoms with Gasteiger partial charge in [0.25, 0.3) is 0 Å². The van der Waals surface area contributed by atoms with Crippen molar-refractivity contribution in [1.82, 2.24) is 19.9 Å². The van der Waals surface area contributed by atoms with Gasteiger partial charge in [-0.2, -0.15) is 0 Å². The summed E-state index contributed by atoms with van der Waals surface area (Å²) in [4.78, 5) is 20.2. The van der Waals surface area contributed by atoms with Gasteiger partial charge >= 0.3 is 0 Å². The van der Waals surface area contributed by atoms with Gasteiger partial charge in [0.1, 0.15) is 11.3 Å². The highest BCUT2D eigenvalue weighted by Crippen LogP contribution is 2.33. The Bertz CT molecular complexity index is 1100. The second-order valence-corrected chi connectivity index (χ2v) is 8.67. The number of fused-ring (bicyclic) bond motifs is 1. The molecule has 0 amide bonds. The van der Waals surface area contributed by atoms with Crippen molar-refractivity contribution in [2.24, 2.45) is 0 Å². The molecule has 1 aliphatic heterocycles. The van der Waals surface area contributed by atoms with Gasteiger partial charge < -0.3 is 24.8 Å². The van der Waals surface area contributed by atoms with Crippen LogP contribution in [-0.2, 0) is 11.3 Å². The lowest BCUT2D eigenvalue weighted by Crippen LogP contribution is -2.36. The van der Waals surface area contributed by atoms with E-state index in [0.29, 0.717) is 12.0 Å². The van der Waals surface area contributed by atoms with Gasteiger partial charge in [0.05, 0.1) is 31.4 Å². The molecular formula is C24H30N6O3. The van der Waals surface area contributed by atoms with E-state index < -0.39 is 0 Å². The van der Waals surface area contributed by atoms with E-state index in [2.05, 4.69) is 42.3 Å². The second-order valence-electron chi connectivity index (χ2n) is 8.67. The number of nitrogens with zero attached hydrogens (tertiary/aromatic N) is 5. The third kappa shape index (κ3) is 4.99. The van der Waals surface area contributed by atoms with E-state index in [0.717, 1.165) is 85.7 Å². The largest absolute Gasteiger partial charge is 0.488 e. The molecule has 174 valence electrons. The number of hydrogen-bond acceptors (Lipinski definition) is 9.